The molecule has 0 heterocycles. The fourth-order valence-corrected chi connectivity index (χ4v) is 1.76. The van der Waals surface area contributed by atoms with Crippen molar-refractivity contribution in [3.8, 4) is 0 Å². The smallest absolute Gasteiger partial charge is 0.0412 e. The van der Waals surface area contributed by atoms with Crippen LogP contribution in [0.4, 0.5) is 0 Å². The van der Waals surface area contributed by atoms with E-state index in [9.17, 15) is 0 Å². The van der Waals surface area contributed by atoms with Crippen LogP contribution in [-0.4, -0.2) is 5.71 Å². The standard InChI is InChI=1S/C12H15N/c1-2-10-7-8-12(9-10)13-11-5-3-4-6-11/h2-3,5,9H,4,6-8H2,1H3/b10-2+,13-11-. The Labute approximate surface area is 79.6 Å². The second-order valence-electron chi connectivity index (χ2n) is 3.54. The maximum atomic E-state index is 4.62. The van der Waals surface area contributed by atoms with Crippen LogP contribution in [0.15, 0.2) is 40.6 Å². The molecule has 0 aromatic rings. The highest BCUT2D eigenvalue weighted by Crippen LogP contribution is 2.25. The van der Waals surface area contributed by atoms with Gasteiger partial charge < -0.3 is 0 Å². The lowest BCUT2D eigenvalue weighted by molar-refractivity contribution is 0.987. The van der Waals surface area contributed by atoms with E-state index in [1.165, 1.54) is 29.8 Å². The van der Waals surface area contributed by atoms with Crippen LogP contribution in [0.1, 0.15) is 32.6 Å². The molecule has 0 aromatic heterocycles. The molecule has 0 N–H and O–H groups in total. The zero-order chi connectivity index (χ0) is 9.10. The van der Waals surface area contributed by atoms with Gasteiger partial charge in [0.1, 0.15) is 0 Å². The van der Waals surface area contributed by atoms with E-state index >= 15 is 0 Å². The molecule has 13 heavy (non-hydrogen) atoms. The number of hydrogen-bond donors (Lipinski definition) is 0. The van der Waals surface area contributed by atoms with E-state index in [2.05, 4.69) is 36.2 Å². The van der Waals surface area contributed by atoms with E-state index in [-0.39, 0.29) is 0 Å². The molecule has 0 unspecified atom stereocenters. The molecule has 0 bridgehead atoms. The van der Waals surface area contributed by atoms with Gasteiger partial charge in [-0.3, -0.25) is 4.99 Å². The summed E-state index contributed by atoms with van der Waals surface area (Å²) in [6.07, 6.45) is 13.3. The first-order chi connectivity index (χ1) is 6.38. The Morgan fingerprint density at radius 3 is 2.85 bits per heavy atom. The molecule has 2 rings (SSSR count). The minimum absolute atomic E-state index is 1.12. The van der Waals surface area contributed by atoms with E-state index in [1.807, 2.05) is 0 Å². The van der Waals surface area contributed by atoms with Gasteiger partial charge in [0.15, 0.2) is 0 Å². The fraction of sp³-hybridized carbons (Fsp3) is 0.417. The molecule has 0 spiro atoms. The summed E-state index contributed by atoms with van der Waals surface area (Å²) < 4.78 is 0. The average molecular weight is 173 g/mol. The van der Waals surface area contributed by atoms with Crippen LogP contribution in [0, 0.1) is 0 Å². The Balaban J connectivity index is 2.11. The lowest BCUT2D eigenvalue weighted by Gasteiger charge is -1.93. The first-order valence-electron chi connectivity index (χ1n) is 4.98. The molecule has 0 aliphatic heterocycles. The fourth-order valence-electron chi connectivity index (χ4n) is 1.76. The van der Waals surface area contributed by atoms with Crippen molar-refractivity contribution in [1.82, 2.24) is 0 Å². The van der Waals surface area contributed by atoms with Crippen molar-refractivity contribution in [2.75, 3.05) is 0 Å². The van der Waals surface area contributed by atoms with Crippen molar-refractivity contribution in [3.63, 3.8) is 0 Å². The summed E-state index contributed by atoms with van der Waals surface area (Å²) in [4.78, 5) is 4.62. The van der Waals surface area contributed by atoms with Crippen molar-refractivity contribution in [3.05, 3.63) is 35.6 Å². The highest BCUT2D eigenvalue weighted by atomic mass is 14.8. The molecule has 0 aromatic carbocycles. The minimum Gasteiger partial charge on any atom is -0.258 e. The van der Waals surface area contributed by atoms with Gasteiger partial charge in [0.05, 0.1) is 0 Å². The molecule has 0 radical (unpaired) electrons. The van der Waals surface area contributed by atoms with Gasteiger partial charge in [-0.15, -0.1) is 0 Å². The van der Waals surface area contributed by atoms with Gasteiger partial charge in [-0.25, -0.2) is 0 Å². The molecular weight excluding hydrogens is 158 g/mol. The van der Waals surface area contributed by atoms with E-state index < -0.39 is 0 Å². The first-order valence-corrected chi connectivity index (χ1v) is 4.98. The predicted molar refractivity (Wildman–Crippen MR) is 56.9 cm³/mol. The summed E-state index contributed by atoms with van der Waals surface area (Å²) in [7, 11) is 0. The topological polar surface area (TPSA) is 12.4 Å². The molecule has 0 amide bonds. The van der Waals surface area contributed by atoms with Crippen LogP contribution >= 0.6 is 0 Å². The van der Waals surface area contributed by atoms with Crippen LogP contribution in [0.5, 0.6) is 0 Å². The third kappa shape index (κ3) is 1.97. The second-order valence-corrected chi connectivity index (χ2v) is 3.54. The van der Waals surface area contributed by atoms with Crippen LogP contribution in [0.2, 0.25) is 0 Å². The average Bonchev–Trinajstić information content (AvgIpc) is 2.76. The van der Waals surface area contributed by atoms with Gasteiger partial charge in [0, 0.05) is 11.4 Å². The Hall–Kier alpha value is -1.11. The van der Waals surface area contributed by atoms with Gasteiger partial charge >= 0.3 is 0 Å². The van der Waals surface area contributed by atoms with Gasteiger partial charge in [0.2, 0.25) is 0 Å². The summed E-state index contributed by atoms with van der Waals surface area (Å²) in [5.41, 5.74) is 3.94. The summed E-state index contributed by atoms with van der Waals surface area (Å²) >= 11 is 0. The number of hydrogen-bond acceptors (Lipinski definition) is 1. The first kappa shape index (κ1) is 8.49. The van der Waals surface area contributed by atoms with Crippen molar-refractivity contribution in [1.29, 1.82) is 0 Å². The zero-order valence-electron chi connectivity index (χ0n) is 8.09. The molecule has 2 aliphatic rings. The normalized spacial score (nSPS) is 27.6. The highest BCUT2D eigenvalue weighted by molar-refractivity contribution is 5.97. The van der Waals surface area contributed by atoms with E-state index in [1.54, 1.807) is 0 Å². The van der Waals surface area contributed by atoms with Crippen molar-refractivity contribution in [2.24, 2.45) is 4.99 Å². The SMILES string of the molecule is C/C=C1C=C(/N=C2/C=CCC2)CC/1. The molecule has 0 atom stereocenters. The van der Waals surface area contributed by atoms with Crippen molar-refractivity contribution >= 4 is 5.71 Å². The van der Waals surface area contributed by atoms with Crippen molar-refractivity contribution < 1.29 is 0 Å². The van der Waals surface area contributed by atoms with Crippen LogP contribution in [0.25, 0.3) is 0 Å². The maximum absolute atomic E-state index is 4.62. The van der Waals surface area contributed by atoms with Crippen LogP contribution in [0.3, 0.4) is 0 Å². The molecule has 0 fully saturated rings. The summed E-state index contributed by atoms with van der Waals surface area (Å²) in [6, 6.07) is 0. The largest absolute Gasteiger partial charge is 0.258 e. The zero-order valence-corrected chi connectivity index (χ0v) is 8.09. The molecule has 0 saturated carbocycles. The lowest BCUT2D eigenvalue weighted by Crippen LogP contribution is -1.87. The molecule has 0 saturated heterocycles. The maximum Gasteiger partial charge on any atom is 0.0412 e. The lowest BCUT2D eigenvalue weighted by atomic mass is 10.2. The quantitative estimate of drug-likeness (QED) is 0.576. The second kappa shape index (κ2) is 3.73. The Kier molecular flexibility index (Phi) is 2.44. The number of nitrogens with zero attached hydrogens (tertiary/aromatic N) is 1. The van der Waals surface area contributed by atoms with Gasteiger partial charge in [0.25, 0.3) is 0 Å². The van der Waals surface area contributed by atoms with Crippen LogP contribution < -0.4 is 0 Å². The van der Waals surface area contributed by atoms with Gasteiger partial charge in [-0.2, -0.15) is 0 Å². The third-order valence-corrected chi connectivity index (χ3v) is 2.56. The Morgan fingerprint density at radius 2 is 2.23 bits per heavy atom. The summed E-state index contributed by atoms with van der Waals surface area (Å²) in [6.45, 7) is 2.09. The third-order valence-electron chi connectivity index (χ3n) is 2.56. The Morgan fingerprint density at radius 1 is 1.31 bits per heavy atom. The number of aliphatic imine (C=N–C) groups is 1. The van der Waals surface area contributed by atoms with E-state index in [4.69, 9.17) is 0 Å². The summed E-state index contributed by atoms with van der Waals surface area (Å²) in [5, 5.41) is 0. The molecule has 68 valence electrons. The number of rotatable bonds is 1. The van der Waals surface area contributed by atoms with E-state index in [0.29, 0.717) is 0 Å². The minimum atomic E-state index is 1.12. The van der Waals surface area contributed by atoms with Crippen LogP contribution in [-0.2, 0) is 0 Å². The number of allylic oxidation sites excluding steroid dienone is 6. The molecule has 1 heteroatoms. The molecule has 2 aliphatic carbocycles. The summed E-state index contributed by atoms with van der Waals surface area (Å²) in [5.74, 6) is 0. The monoisotopic (exact) mass is 173 g/mol. The Bertz CT molecular complexity index is 316. The van der Waals surface area contributed by atoms with Crippen molar-refractivity contribution in [2.45, 2.75) is 32.6 Å². The molecular formula is C12H15N. The van der Waals surface area contributed by atoms with Gasteiger partial charge in [-0.05, 0) is 44.8 Å². The van der Waals surface area contributed by atoms with E-state index in [0.717, 1.165) is 12.8 Å². The molecule has 1 nitrogen and oxygen atoms in total. The highest BCUT2D eigenvalue weighted by Gasteiger charge is 2.09. The van der Waals surface area contributed by atoms with Gasteiger partial charge in [-0.1, -0.05) is 17.7 Å². The predicted octanol–water partition coefficient (Wildman–Crippen LogP) is 3.40.